The molecule has 1 aromatic rings. The lowest BCUT2D eigenvalue weighted by Crippen LogP contribution is -2.02. The van der Waals surface area contributed by atoms with Crippen molar-refractivity contribution in [2.75, 3.05) is 20.4 Å². The number of hydrogen-bond donors (Lipinski definition) is 1. The van der Waals surface area contributed by atoms with Gasteiger partial charge in [0.2, 0.25) is 6.79 Å². The molecule has 1 heterocycles. The molecule has 0 saturated carbocycles. The van der Waals surface area contributed by atoms with Crippen LogP contribution in [0.1, 0.15) is 12.0 Å². The number of rotatable bonds is 4. The number of methoxy groups -OCH3 is 1. The molecule has 0 bridgehead atoms. The van der Waals surface area contributed by atoms with E-state index in [-0.39, 0.29) is 6.79 Å². The average Bonchev–Trinajstić information content (AvgIpc) is 2.73. The zero-order chi connectivity index (χ0) is 10.7. The summed E-state index contributed by atoms with van der Waals surface area (Å²) in [7, 11) is 1.66. The van der Waals surface area contributed by atoms with Crippen molar-refractivity contribution in [3.63, 3.8) is 0 Å². The van der Waals surface area contributed by atoms with Crippen LogP contribution in [-0.2, 0) is 6.42 Å². The smallest absolute Gasteiger partial charge is 0.231 e. The van der Waals surface area contributed by atoms with Crippen molar-refractivity contribution in [2.45, 2.75) is 12.8 Å². The van der Waals surface area contributed by atoms with E-state index in [4.69, 9.17) is 19.9 Å². The Labute approximate surface area is 88.9 Å². The molecule has 0 spiro atoms. The molecular weight excluding hydrogens is 194 g/mol. The number of ether oxygens (including phenoxy) is 3. The fourth-order valence-electron chi connectivity index (χ4n) is 1.72. The first-order valence-corrected chi connectivity index (χ1v) is 5.02. The van der Waals surface area contributed by atoms with Gasteiger partial charge in [0.1, 0.15) is 5.75 Å². The first-order valence-electron chi connectivity index (χ1n) is 5.02. The van der Waals surface area contributed by atoms with E-state index < -0.39 is 0 Å². The van der Waals surface area contributed by atoms with Gasteiger partial charge in [0, 0.05) is 5.56 Å². The maximum atomic E-state index is 5.50. The molecule has 0 unspecified atom stereocenters. The minimum absolute atomic E-state index is 0.290. The van der Waals surface area contributed by atoms with Crippen LogP contribution in [0.15, 0.2) is 12.1 Å². The zero-order valence-corrected chi connectivity index (χ0v) is 8.79. The number of nitrogens with two attached hydrogens (primary N) is 1. The van der Waals surface area contributed by atoms with Crippen LogP contribution in [0.25, 0.3) is 0 Å². The van der Waals surface area contributed by atoms with E-state index in [2.05, 4.69) is 0 Å². The Hall–Kier alpha value is -1.42. The van der Waals surface area contributed by atoms with Crippen molar-refractivity contribution in [1.82, 2.24) is 0 Å². The second-order valence-electron chi connectivity index (χ2n) is 3.37. The molecule has 0 aromatic heterocycles. The van der Waals surface area contributed by atoms with Crippen molar-refractivity contribution in [3.05, 3.63) is 17.7 Å². The first-order chi connectivity index (χ1) is 7.36. The highest BCUT2D eigenvalue weighted by molar-refractivity contribution is 5.55. The minimum Gasteiger partial charge on any atom is -0.496 e. The topological polar surface area (TPSA) is 53.7 Å². The molecule has 1 aliphatic heterocycles. The van der Waals surface area contributed by atoms with Crippen molar-refractivity contribution < 1.29 is 14.2 Å². The second kappa shape index (κ2) is 4.40. The predicted molar refractivity (Wildman–Crippen MR) is 56.5 cm³/mol. The van der Waals surface area contributed by atoms with Gasteiger partial charge in [-0.2, -0.15) is 0 Å². The van der Waals surface area contributed by atoms with Gasteiger partial charge in [-0.25, -0.2) is 0 Å². The third-order valence-electron chi connectivity index (χ3n) is 2.45. The van der Waals surface area contributed by atoms with Crippen LogP contribution in [0.3, 0.4) is 0 Å². The molecule has 1 aromatic carbocycles. The highest BCUT2D eigenvalue weighted by atomic mass is 16.7. The van der Waals surface area contributed by atoms with Crippen molar-refractivity contribution in [3.8, 4) is 17.2 Å². The summed E-state index contributed by atoms with van der Waals surface area (Å²) in [5.41, 5.74) is 6.55. The van der Waals surface area contributed by atoms with Crippen LogP contribution in [0, 0.1) is 0 Å². The van der Waals surface area contributed by atoms with Crippen molar-refractivity contribution in [2.24, 2.45) is 5.73 Å². The summed E-state index contributed by atoms with van der Waals surface area (Å²) in [6.45, 7) is 0.950. The van der Waals surface area contributed by atoms with Crippen LogP contribution in [-0.4, -0.2) is 20.4 Å². The summed E-state index contributed by atoms with van der Waals surface area (Å²) in [5, 5.41) is 0. The van der Waals surface area contributed by atoms with Gasteiger partial charge in [0.25, 0.3) is 0 Å². The second-order valence-corrected chi connectivity index (χ2v) is 3.37. The molecule has 1 aliphatic rings. The lowest BCUT2D eigenvalue weighted by molar-refractivity contribution is 0.173. The van der Waals surface area contributed by atoms with Crippen molar-refractivity contribution in [1.29, 1.82) is 0 Å². The maximum Gasteiger partial charge on any atom is 0.231 e. The van der Waals surface area contributed by atoms with E-state index in [9.17, 15) is 0 Å². The number of benzene rings is 1. The SMILES string of the molecule is COc1ccc2c(c1CCCN)OCO2. The predicted octanol–water partition coefficient (Wildman–Crippen LogP) is 1.32. The van der Waals surface area contributed by atoms with E-state index in [1.54, 1.807) is 7.11 Å². The van der Waals surface area contributed by atoms with Gasteiger partial charge in [-0.15, -0.1) is 0 Å². The molecule has 2 rings (SSSR count). The van der Waals surface area contributed by atoms with Gasteiger partial charge < -0.3 is 19.9 Å². The van der Waals surface area contributed by atoms with Crippen LogP contribution in [0.4, 0.5) is 0 Å². The molecule has 0 radical (unpaired) electrons. The Kier molecular flexibility index (Phi) is 2.97. The molecule has 2 N–H and O–H groups in total. The molecule has 0 aliphatic carbocycles. The van der Waals surface area contributed by atoms with E-state index >= 15 is 0 Å². The summed E-state index contributed by atoms with van der Waals surface area (Å²) in [5.74, 6) is 2.44. The summed E-state index contributed by atoms with van der Waals surface area (Å²) in [6, 6.07) is 3.77. The Balaban J connectivity index is 2.34. The molecule has 4 nitrogen and oxygen atoms in total. The van der Waals surface area contributed by atoms with Crippen LogP contribution >= 0.6 is 0 Å². The summed E-state index contributed by atoms with van der Waals surface area (Å²) in [6.07, 6.45) is 1.77. The van der Waals surface area contributed by atoms with Gasteiger partial charge in [-0.1, -0.05) is 0 Å². The fourth-order valence-corrected chi connectivity index (χ4v) is 1.72. The molecule has 82 valence electrons. The summed E-state index contributed by atoms with van der Waals surface area (Å²) in [4.78, 5) is 0. The molecule has 0 atom stereocenters. The lowest BCUT2D eigenvalue weighted by Gasteiger charge is -2.10. The van der Waals surface area contributed by atoms with Gasteiger partial charge in [-0.05, 0) is 31.5 Å². The highest BCUT2D eigenvalue weighted by Gasteiger charge is 2.20. The quantitative estimate of drug-likeness (QED) is 0.812. The zero-order valence-electron chi connectivity index (χ0n) is 8.79. The third-order valence-corrected chi connectivity index (χ3v) is 2.45. The first kappa shape index (κ1) is 10.1. The molecule has 0 amide bonds. The molecule has 0 saturated heterocycles. The van der Waals surface area contributed by atoms with Gasteiger partial charge in [0.15, 0.2) is 11.5 Å². The Morgan fingerprint density at radius 1 is 1.40 bits per heavy atom. The van der Waals surface area contributed by atoms with Crippen LogP contribution in [0.2, 0.25) is 0 Å². The van der Waals surface area contributed by atoms with E-state index in [0.29, 0.717) is 6.54 Å². The van der Waals surface area contributed by atoms with Gasteiger partial charge >= 0.3 is 0 Å². The Bertz CT molecular complexity index is 352. The average molecular weight is 209 g/mol. The fraction of sp³-hybridized carbons (Fsp3) is 0.455. The maximum absolute atomic E-state index is 5.50. The number of hydrogen-bond acceptors (Lipinski definition) is 4. The lowest BCUT2D eigenvalue weighted by atomic mass is 10.1. The van der Waals surface area contributed by atoms with E-state index in [1.807, 2.05) is 12.1 Å². The third kappa shape index (κ3) is 1.85. The van der Waals surface area contributed by atoms with Gasteiger partial charge in [-0.3, -0.25) is 0 Å². The molecule has 4 heteroatoms. The standard InChI is InChI=1S/C11H15NO3/c1-13-9-4-5-10-11(15-7-14-10)8(9)3-2-6-12/h4-5H,2-3,6-7,12H2,1H3. The summed E-state index contributed by atoms with van der Waals surface area (Å²) < 4.78 is 16.0. The van der Waals surface area contributed by atoms with E-state index in [0.717, 1.165) is 35.7 Å². The minimum atomic E-state index is 0.290. The highest BCUT2D eigenvalue weighted by Crippen LogP contribution is 2.41. The van der Waals surface area contributed by atoms with Gasteiger partial charge in [0.05, 0.1) is 7.11 Å². The normalized spacial score (nSPS) is 12.9. The summed E-state index contributed by atoms with van der Waals surface area (Å²) >= 11 is 0. The molecular formula is C11H15NO3. The Morgan fingerprint density at radius 2 is 2.27 bits per heavy atom. The van der Waals surface area contributed by atoms with E-state index in [1.165, 1.54) is 0 Å². The monoisotopic (exact) mass is 209 g/mol. The number of fused-ring (bicyclic) bond motifs is 1. The van der Waals surface area contributed by atoms with Crippen molar-refractivity contribution >= 4 is 0 Å². The largest absolute Gasteiger partial charge is 0.496 e. The Morgan fingerprint density at radius 3 is 3.00 bits per heavy atom. The van der Waals surface area contributed by atoms with Crippen LogP contribution < -0.4 is 19.9 Å². The van der Waals surface area contributed by atoms with Crippen LogP contribution in [0.5, 0.6) is 17.2 Å². The molecule has 0 fully saturated rings. The molecule has 15 heavy (non-hydrogen) atoms.